The van der Waals surface area contributed by atoms with Crippen LogP contribution in [-0.2, 0) is 17.8 Å². The number of benzene rings is 2. The molecule has 0 atom stereocenters. The molecule has 0 N–H and O–H groups in total. The van der Waals surface area contributed by atoms with Gasteiger partial charge in [-0.3, -0.25) is 4.79 Å². The Balaban J connectivity index is 1.34. The first-order valence-corrected chi connectivity index (χ1v) is 11.6. The number of nitrogens with zero attached hydrogens (tertiary/aromatic N) is 3. The van der Waals surface area contributed by atoms with Gasteiger partial charge in [-0.25, -0.2) is 0 Å². The molecule has 0 unspecified atom stereocenters. The molecule has 1 aliphatic heterocycles. The highest BCUT2D eigenvalue weighted by molar-refractivity contribution is 7.11. The van der Waals surface area contributed by atoms with Crippen LogP contribution in [0.2, 0.25) is 0 Å². The topological polar surface area (TPSA) is 77.7 Å². The van der Waals surface area contributed by atoms with E-state index < -0.39 is 0 Å². The summed E-state index contributed by atoms with van der Waals surface area (Å²) in [5, 5.41) is 8.24. The molecule has 1 aliphatic rings. The first-order valence-electron chi connectivity index (χ1n) is 10.8. The Morgan fingerprint density at radius 1 is 1.00 bits per heavy atom. The highest BCUT2D eigenvalue weighted by Gasteiger charge is 2.21. The lowest BCUT2D eigenvalue weighted by Crippen LogP contribution is -2.30. The van der Waals surface area contributed by atoms with Gasteiger partial charge in [-0.05, 0) is 43.3 Å². The second-order valence-corrected chi connectivity index (χ2v) is 9.06. The smallest absolute Gasteiger partial charge is 0.247 e. The Hall–Kier alpha value is -3.65. The average molecular weight is 462 g/mol. The monoisotopic (exact) mass is 461 g/mol. The predicted molar refractivity (Wildman–Crippen MR) is 126 cm³/mol. The Labute approximate surface area is 195 Å². The molecule has 0 saturated carbocycles. The lowest BCUT2D eigenvalue weighted by atomic mass is 10.2. The molecule has 168 valence electrons. The maximum absolute atomic E-state index is 13.3. The number of anilines is 1. The van der Waals surface area contributed by atoms with Crippen LogP contribution >= 0.6 is 11.3 Å². The van der Waals surface area contributed by atoms with Crippen molar-refractivity contribution >= 4 is 22.9 Å². The van der Waals surface area contributed by atoms with Crippen LogP contribution in [0.5, 0.6) is 11.5 Å². The Morgan fingerprint density at radius 2 is 1.82 bits per heavy atom. The fraction of sp³-hybridized carbons (Fsp3) is 0.240. The molecule has 7 nitrogen and oxygen atoms in total. The average Bonchev–Trinajstić information content (AvgIpc) is 3.50. The van der Waals surface area contributed by atoms with Crippen LogP contribution in [-0.4, -0.2) is 29.3 Å². The maximum Gasteiger partial charge on any atom is 0.247 e. The molecular formula is C25H23N3O4S. The van der Waals surface area contributed by atoms with Crippen molar-refractivity contribution in [1.82, 2.24) is 10.2 Å². The molecule has 0 fully saturated rings. The van der Waals surface area contributed by atoms with Crippen LogP contribution in [0.1, 0.15) is 22.1 Å². The van der Waals surface area contributed by atoms with Crippen LogP contribution in [0.3, 0.4) is 0 Å². The van der Waals surface area contributed by atoms with Gasteiger partial charge in [0.25, 0.3) is 0 Å². The summed E-state index contributed by atoms with van der Waals surface area (Å²) in [4.78, 5) is 17.4. The van der Waals surface area contributed by atoms with Gasteiger partial charge in [0.05, 0.1) is 6.54 Å². The third-order valence-corrected chi connectivity index (χ3v) is 6.27. The third-order valence-electron chi connectivity index (χ3n) is 5.29. The van der Waals surface area contributed by atoms with E-state index >= 15 is 0 Å². The summed E-state index contributed by atoms with van der Waals surface area (Å²) in [5.41, 5.74) is 1.62. The quantitative estimate of drug-likeness (QED) is 0.384. The van der Waals surface area contributed by atoms with Gasteiger partial charge < -0.3 is 18.8 Å². The second kappa shape index (κ2) is 9.46. The number of ether oxygens (including phenoxy) is 2. The fourth-order valence-electron chi connectivity index (χ4n) is 3.65. The molecular weight excluding hydrogens is 438 g/mol. The predicted octanol–water partition coefficient (Wildman–Crippen LogP) is 5.04. The normalized spacial score (nSPS) is 12.5. The highest BCUT2D eigenvalue weighted by Crippen LogP contribution is 2.35. The van der Waals surface area contributed by atoms with Gasteiger partial charge in [-0.2, -0.15) is 0 Å². The number of carbonyl (C=O) groups excluding carboxylic acids is 1. The number of hydrogen-bond acceptors (Lipinski definition) is 7. The second-order valence-electron chi connectivity index (χ2n) is 7.69. The lowest BCUT2D eigenvalue weighted by molar-refractivity contribution is -0.118. The maximum atomic E-state index is 13.3. The van der Waals surface area contributed by atoms with Gasteiger partial charge >= 0.3 is 0 Å². The van der Waals surface area contributed by atoms with Crippen molar-refractivity contribution < 1.29 is 18.7 Å². The molecule has 2 aromatic carbocycles. The molecule has 0 saturated heterocycles. The molecule has 1 amide bonds. The summed E-state index contributed by atoms with van der Waals surface area (Å²) in [7, 11) is 0. The first-order chi connectivity index (χ1) is 16.2. The Morgan fingerprint density at radius 3 is 2.61 bits per heavy atom. The number of fused-ring (bicyclic) bond motifs is 1. The van der Waals surface area contributed by atoms with Crippen molar-refractivity contribution in [3.63, 3.8) is 0 Å². The van der Waals surface area contributed by atoms with Crippen LogP contribution in [0.4, 0.5) is 5.69 Å². The van der Waals surface area contributed by atoms with E-state index in [9.17, 15) is 4.79 Å². The zero-order chi connectivity index (χ0) is 22.6. The molecule has 3 heterocycles. The number of aryl methyl sites for hydroxylation is 2. The van der Waals surface area contributed by atoms with E-state index in [0.29, 0.717) is 49.5 Å². The molecule has 5 rings (SSSR count). The van der Waals surface area contributed by atoms with E-state index in [4.69, 9.17) is 13.9 Å². The van der Waals surface area contributed by atoms with Gasteiger partial charge in [0.2, 0.25) is 17.7 Å². The van der Waals surface area contributed by atoms with Gasteiger partial charge in [0.1, 0.15) is 13.2 Å². The van der Waals surface area contributed by atoms with E-state index in [-0.39, 0.29) is 12.3 Å². The summed E-state index contributed by atoms with van der Waals surface area (Å²) < 4.78 is 17.1. The van der Waals surface area contributed by atoms with E-state index in [1.807, 2.05) is 48.5 Å². The summed E-state index contributed by atoms with van der Waals surface area (Å²) in [6.45, 7) is 3.56. The van der Waals surface area contributed by atoms with Crippen LogP contribution in [0, 0.1) is 6.92 Å². The highest BCUT2D eigenvalue weighted by atomic mass is 32.1. The van der Waals surface area contributed by atoms with E-state index in [2.05, 4.69) is 29.3 Å². The summed E-state index contributed by atoms with van der Waals surface area (Å²) >= 11 is 1.68. The minimum absolute atomic E-state index is 0.0304. The summed E-state index contributed by atoms with van der Waals surface area (Å²) in [6, 6.07) is 19.3. The molecule has 2 aromatic heterocycles. The largest absolute Gasteiger partial charge is 0.486 e. The Bertz CT molecular complexity index is 1250. The zero-order valence-electron chi connectivity index (χ0n) is 18.2. The number of amides is 1. The van der Waals surface area contributed by atoms with Gasteiger partial charge in [0, 0.05) is 39.9 Å². The minimum atomic E-state index is -0.0304. The lowest BCUT2D eigenvalue weighted by Gasteiger charge is -2.25. The zero-order valence-corrected chi connectivity index (χ0v) is 19.0. The minimum Gasteiger partial charge on any atom is -0.486 e. The third kappa shape index (κ3) is 4.90. The van der Waals surface area contributed by atoms with Crippen molar-refractivity contribution in [3.8, 4) is 23.0 Å². The molecule has 4 aromatic rings. The van der Waals surface area contributed by atoms with Gasteiger partial charge in [0.15, 0.2) is 11.5 Å². The van der Waals surface area contributed by atoms with Gasteiger partial charge in [-0.1, -0.05) is 18.2 Å². The van der Waals surface area contributed by atoms with E-state index in [1.165, 1.54) is 4.88 Å². The molecule has 0 radical (unpaired) electrons. The molecule has 0 bridgehead atoms. The van der Waals surface area contributed by atoms with Crippen molar-refractivity contribution in [2.75, 3.05) is 18.1 Å². The van der Waals surface area contributed by atoms with Crippen molar-refractivity contribution in [3.05, 3.63) is 76.3 Å². The number of carbonyl (C=O) groups is 1. The number of aromatic nitrogens is 2. The molecule has 0 spiro atoms. The summed E-state index contributed by atoms with van der Waals surface area (Å²) in [6.07, 6.45) is 0.610. The molecule has 8 heteroatoms. The van der Waals surface area contributed by atoms with Crippen molar-refractivity contribution in [1.29, 1.82) is 0 Å². The standard InChI is InChI=1S/C25H23N3O4S/c1-17-7-9-20(33-17)16-28(19-8-10-21-22(15-19)31-14-13-30-21)24(29)12-11-23-26-27-25(32-23)18-5-3-2-4-6-18/h2-10,15H,11-14,16H2,1H3. The SMILES string of the molecule is Cc1ccc(CN(C(=O)CCc2nnc(-c3ccccc3)o2)c2ccc3c(c2)OCCO3)s1. The van der Waals surface area contributed by atoms with E-state index in [0.717, 1.165) is 16.1 Å². The Kier molecular flexibility index (Phi) is 6.08. The fourth-order valence-corrected chi connectivity index (χ4v) is 4.53. The van der Waals surface area contributed by atoms with Crippen LogP contribution in [0.25, 0.3) is 11.5 Å². The number of hydrogen-bond donors (Lipinski definition) is 0. The van der Waals surface area contributed by atoms with Crippen molar-refractivity contribution in [2.24, 2.45) is 0 Å². The molecule has 0 aliphatic carbocycles. The molecule has 33 heavy (non-hydrogen) atoms. The van der Waals surface area contributed by atoms with Crippen LogP contribution in [0.15, 0.2) is 65.1 Å². The number of thiophene rings is 1. The van der Waals surface area contributed by atoms with Gasteiger partial charge in [-0.15, -0.1) is 21.5 Å². The van der Waals surface area contributed by atoms with Crippen LogP contribution < -0.4 is 14.4 Å². The van der Waals surface area contributed by atoms with Crippen molar-refractivity contribution in [2.45, 2.75) is 26.3 Å². The first kappa shape index (κ1) is 21.2. The summed E-state index contributed by atoms with van der Waals surface area (Å²) in [5.74, 6) is 2.22. The van der Waals surface area contributed by atoms with E-state index in [1.54, 1.807) is 16.2 Å². The number of rotatable bonds is 7.